The molecule has 0 fully saturated rings. The molecular weight excluding hydrogens is 224 g/mol. The summed E-state index contributed by atoms with van der Waals surface area (Å²) in [5.74, 6) is 0. The van der Waals surface area contributed by atoms with Gasteiger partial charge in [-0.1, -0.05) is 46.0 Å². The second kappa shape index (κ2) is 4.82. The zero-order valence-corrected chi connectivity index (χ0v) is 13.0. The van der Waals surface area contributed by atoms with Gasteiger partial charge < -0.3 is 10.3 Å². The number of benzene rings is 1. The minimum Gasteiger partial charge on any atom is -0.399 e. The molecule has 1 aromatic rings. The highest BCUT2D eigenvalue weighted by Crippen LogP contribution is 2.38. The number of hydrogen-bond donors (Lipinski definition) is 1. The maximum atomic E-state index is 5.82. The van der Waals surface area contributed by atoms with Gasteiger partial charge in [-0.3, -0.25) is 0 Å². The van der Waals surface area contributed by atoms with Crippen molar-refractivity contribution in [2.75, 3.05) is 12.8 Å². The van der Waals surface area contributed by atoms with Crippen LogP contribution in [0.1, 0.15) is 26.3 Å². The fourth-order valence-electron chi connectivity index (χ4n) is 1.74. The van der Waals surface area contributed by atoms with Crippen LogP contribution in [-0.4, -0.2) is 19.8 Å². The first kappa shape index (κ1) is 14.3. The highest BCUT2D eigenvalue weighted by atomic mass is 28.3. The van der Waals surface area contributed by atoms with Gasteiger partial charge in [-0.2, -0.15) is 0 Å². The molecule has 0 spiro atoms. The molecule has 0 aliphatic carbocycles. The Labute approximate surface area is 107 Å². The van der Waals surface area contributed by atoms with Gasteiger partial charge >= 0.3 is 0 Å². The number of nitrogens with two attached hydrogens (primary N) is 1. The molecule has 2 N–H and O–H groups in total. The molecule has 1 rings (SSSR count). The van der Waals surface area contributed by atoms with Crippen LogP contribution in [0.15, 0.2) is 24.3 Å². The summed E-state index contributed by atoms with van der Waals surface area (Å²) >= 11 is 0. The lowest BCUT2D eigenvalue weighted by Crippen LogP contribution is -2.52. The number of hydrogen-bond acceptors (Lipinski definition) is 2. The third kappa shape index (κ3) is 3.33. The smallest absolute Gasteiger partial charge is 0.127 e. The highest BCUT2D eigenvalue weighted by molar-refractivity contribution is 6.77. The molecule has 0 saturated carbocycles. The van der Waals surface area contributed by atoms with Crippen LogP contribution in [0.25, 0.3) is 0 Å². The van der Waals surface area contributed by atoms with E-state index in [0.29, 0.717) is 5.04 Å². The van der Waals surface area contributed by atoms with Crippen LogP contribution >= 0.6 is 0 Å². The van der Waals surface area contributed by atoms with E-state index >= 15 is 0 Å². The molecule has 0 amide bonds. The van der Waals surface area contributed by atoms with Crippen molar-refractivity contribution < 1.29 is 0 Å². The summed E-state index contributed by atoms with van der Waals surface area (Å²) in [6, 6.07) is 8.20. The maximum absolute atomic E-state index is 5.82. The van der Waals surface area contributed by atoms with E-state index in [1.807, 2.05) is 12.1 Å². The fourth-order valence-corrected chi connectivity index (χ4v) is 3.46. The van der Waals surface area contributed by atoms with E-state index in [1.54, 1.807) is 0 Å². The molecule has 0 radical (unpaired) electrons. The molecule has 0 aromatic heterocycles. The number of rotatable bonds is 3. The molecule has 96 valence electrons. The van der Waals surface area contributed by atoms with Crippen molar-refractivity contribution in [3.8, 4) is 0 Å². The topological polar surface area (TPSA) is 29.3 Å². The Morgan fingerprint density at radius 3 is 2.29 bits per heavy atom. The van der Waals surface area contributed by atoms with Gasteiger partial charge in [-0.25, -0.2) is 0 Å². The maximum Gasteiger partial charge on any atom is 0.127 e. The summed E-state index contributed by atoms with van der Waals surface area (Å²) in [6.45, 7) is 12.9. The van der Waals surface area contributed by atoms with Gasteiger partial charge in [0.1, 0.15) is 8.24 Å². The van der Waals surface area contributed by atoms with Crippen LogP contribution in [0, 0.1) is 0 Å². The Balaban J connectivity index is 2.83. The quantitative estimate of drug-likeness (QED) is 0.654. The van der Waals surface area contributed by atoms with Gasteiger partial charge in [0, 0.05) is 12.2 Å². The summed E-state index contributed by atoms with van der Waals surface area (Å²) in [7, 11) is 0.821. The van der Waals surface area contributed by atoms with Gasteiger partial charge in [0.2, 0.25) is 0 Å². The molecule has 17 heavy (non-hydrogen) atoms. The van der Waals surface area contributed by atoms with E-state index in [4.69, 9.17) is 5.73 Å². The van der Waals surface area contributed by atoms with Crippen LogP contribution in [0.5, 0.6) is 0 Å². The molecule has 1 aromatic carbocycles. The van der Waals surface area contributed by atoms with Gasteiger partial charge in [-0.05, 0) is 29.8 Å². The lowest BCUT2D eigenvalue weighted by Gasteiger charge is -2.44. The van der Waals surface area contributed by atoms with E-state index < -0.39 is 8.24 Å². The zero-order chi connectivity index (χ0) is 13.3. The second-order valence-corrected chi connectivity index (χ2v) is 11.8. The molecule has 0 aliphatic rings. The Hall–Kier alpha value is -0.803. The second-order valence-electron chi connectivity index (χ2n) is 6.41. The SMILES string of the molecule is CN(Cc1cccc(N)c1)[Si](C)(C)C(C)(C)C. The Morgan fingerprint density at radius 2 is 1.82 bits per heavy atom. The molecule has 0 atom stereocenters. The van der Waals surface area contributed by atoms with Crippen molar-refractivity contribution >= 4 is 13.9 Å². The van der Waals surface area contributed by atoms with Crippen molar-refractivity contribution in [3.05, 3.63) is 29.8 Å². The number of nitrogen functional groups attached to an aromatic ring is 1. The minimum absolute atomic E-state index is 0.377. The normalized spacial score (nSPS) is 13.1. The average molecular weight is 250 g/mol. The largest absolute Gasteiger partial charge is 0.399 e. The van der Waals surface area contributed by atoms with Crippen molar-refractivity contribution in [3.63, 3.8) is 0 Å². The van der Waals surface area contributed by atoms with E-state index in [2.05, 4.69) is 57.6 Å². The molecule has 3 heteroatoms. The zero-order valence-electron chi connectivity index (χ0n) is 12.0. The molecule has 0 unspecified atom stereocenters. The summed E-state index contributed by atoms with van der Waals surface area (Å²) in [4.78, 5) is 0. The number of nitrogens with zero attached hydrogens (tertiary/aromatic N) is 1. The van der Waals surface area contributed by atoms with Crippen LogP contribution in [-0.2, 0) is 6.54 Å². The summed E-state index contributed by atoms with van der Waals surface area (Å²) in [6.07, 6.45) is 0. The van der Waals surface area contributed by atoms with Crippen molar-refractivity contribution in [2.45, 2.75) is 45.4 Å². The van der Waals surface area contributed by atoms with Gasteiger partial charge in [0.25, 0.3) is 0 Å². The monoisotopic (exact) mass is 250 g/mol. The highest BCUT2D eigenvalue weighted by Gasteiger charge is 2.38. The third-order valence-corrected chi connectivity index (χ3v) is 9.90. The Kier molecular flexibility index (Phi) is 4.05. The predicted octanol–water partition coefficient (Wildman–Crippen LogP) is 3.71. The molecule has 0 heterocycles. The number of anilines is 1. The molecule has 0 aliphatic heterocycles. The first-order valence-electron chi connectivity index (χ1n) is 6.20. The molecule has 2 nitrogen and oxygen atoms in total. The minimum atomic E-state index is -1.42. The molecule has 0 saturated heterocycles. The Morgan fingerprint density at radius 1 is 1.24 bits per heavy atom. The summed E-state index contributed by atoms with van der Waals surface area (Å²) < 4.78 is 2.53. The van der Waals surface area contributed by atoms with Crippen LogP contribution < -0.4 is 5.73 Å². The van der Waals surface area contributed by atoms with Crippen LogP contribution in [0.3, 0.4) is 0 Å². The summed E-state index contributed by atoms with van der Waals surface area (Å²) in [5, 5.41) is 0.377. The van der Waals surface area contributed by atoms with E-state index in [9.17, 15) is 0 Å². The standard InChI is InChI=1S/C14H26N2Si/c1-14(2,3)17(5,6)16(4)11-12-8-7-9-13(15)10-12/h7-10H,11,15H2,1-6H3. The predicted molar refractivity (Wildman–Crippen MR) is 79.5 cm³/mol. The summed E-state index contributed by atoms with van der Waals surface area (Å²) in [5.41, 5.74) is 7.98. The van der Waals surface area contributed by atoms with Gasteiger partial charge in [-0.15, -0.1) is 0 Å². The Bertz CT molecular complexity index is 380. The first-order chi connectivity index (χ1) is 7.64. The van der Waals surface area contributed by atoms with Crippen molar-refractivity contribution in [2.24, 2.45) is 0 Å². The van der Waals surface area contributed by atoms with E-state index in [0.717, 1.165) is 12.2 Å². The van der Waals surface area contributed by atoms with E-state index in [-0.39, 0.29) is 0 Å². The average Bonchev–Trinajstić information content (AvgIpc) is 2.15. The lowest BCUT2D eigenvalue weighted by atomic mass is 10.2. The van der Waals surface area contributed by atoms with Crippen molar-refractivity contribution in [1.82, 2.24) is 4.57 Å². The van der Waals surface area contributed by atoms with Crippen molar-refractivity contribution in [1.29, 1.82) is 0 Å². The van der Waals surface area contributed by atoms with Crippen LogP contribution in [0.2, 0.25) is 18.1 Å². The fraction of sp³-hybridized carbons (Fsp3) is 0.571. The van der Waals surface area contributed by atoms with Gasteiger partial charge in [0.05, 0.1) is 0 Å². The first-order valence-corrected chi connectivity index (χ1v) is 9.15. The lowest BCUT2D eigenvalue weighted by molar-refractivity contribution is 0.465. The third-order valence-electron chi connectivity index (χ3n) is 4.16. The molecular formula is C14H26N2Si. The van der Waals surface area contributed by atoms with Gasteiger partial charge in [0.15, 0.2) is 0 Å². The van der Waals surface area contributed by atoms with Crippen LogP contribution in [0.4, 0.5) is 5.69 Å². The molecule has 0 bridgehead atoms. The van der Waals surface area contributed by atoms with E-state index in [1.165, 1.54) is 5.56 Å².